The molecule has 0 aliphatic rings. The van der Waals surface area contributed by atoms with Crippen molar-refractivity contribution in [2.24, 2.45) is 0 Å². The Morgan fingerprint density at radius 1 is 1.14 bits per heavy atom. The van der Waals surface area contributed by atoms with Gasteiger partial charge in [-0.2, -0.15) is 11.3 Å². The van der Waals surface area contributed by atoms with Crippen LogP contribution in [0.3, 0.4) is 0 Å². The van der Waals surface area contributed by atoms with E-state index in [1.54, 1.807) is 11.3 Å². The lowest BCUT2D eigenvalue weighted by atomic mass is 10.1. The van der Waals surface area contributed by atoms with Crippen LogP contribution in [0.1, 0.15) is 15.4 Å². The minimum atomic E-state index is -0.170. The average molecular weight is 423 g/mol. The molecule has 0 spiro atoms. The zero-order valence-electron chi connectivity index (χ0n) is 14.7. The lowest BCUT2D eigenvalue weighted by Crippen LogP contribution is -2.11. The number of hydrogen-bond donors (Lipinski definition) is 2. The summed E-state index contributed by atoms with van der Waals surface area (Å²) in [6.45, 7) is 1.86. The van der Waals surface area contributed by atoms with Crippen molar-refractivity contribution in [2.45, 2.75) is 6.92 Å². The number of fused-ring (bicyclic) bond motifs is 1. The van der Waals surface area contributed by atoms with Crippen LogP contribution in [-0.2, 0) is 0 Å². The van der Waals surface area contributed by atoms with Gasteiger partial charge in [0.2, 0.25) is 0 Å². The predicted molar refractivity (Wildman–Crippen MR) is 118 cm³/mol. The van der Waals surface area contributed by atoms with Crippen molar-refractivity contribution in [1.29, 1.82) is 0 Å². The van der Waals surface area contributed by atoms with Gasteiger partial charge in [-0.05, 0) is 24.4 Å². The van der Waals surface area contributed by atoms with Crippen molar-refractivity contribution in [2.75, 3.05) is 5.32 Å². The van der Waals surface area contributed by atoms with E-state index in [1.165, 1.54) is 22.7 Å². The first-order valence-electron chi connectivity index (χ1n) is 8.52. The monoisotopic (exact) mass is 422 g/mol. The van der Waals surface area contributed by atoms with Crippen LogP contribution >= 0.6 is 34.0 Å². The van der Waals surface area contributed by atoms with E-state index in [0.29, 0.717) is 10.0 Å². The second-order valence-electron chi connectivity index (χ2n) is 6.19. The Labute approximate surface area is 172 Å². The van der Waals surface area contributed by atoms with Gasteiger partial charge in [-0.15, -0.1) is 22.7 Å². The lowest BCUT2D eigenvalue weighted by Gasteiger charge is -1.99. The van der Waals surface area contributed by atoms with Crippen LogP contribution in [0.25, 0.3) is 32.7 Å². The molecule has 5 rings (SSSR count). The summed E-state index contributed by atoms with van der Waals surface area (Å²) >= 11 is 4.44. The maximum atomic E-state index is 12.7. The number of para-hydroxylation sites is 1. The van der Waals surface area contributed by atoms with Crippen LogP contribution in [0.2, 0.25) is 0 Å². The molecule has 0 aliphatic carbocycles. The Bertz CT molecular complexity index is 1280. The van der Waals surface area contributed by atoms with Gasteiger partial charge in [-0.3, -0.25) is 10.1 Å². The number of H-pyrrole nitrogens is 1. The molecule has 5 aromatic rings. The molecule has 0 saturated carbocycles. The molecule has 0 bridgehead atoms. The summed E-state index contributed by atoms with van der Waals surface area (Å²) in [7, 11) is 0. The standard InChI is InChI=1S/C20H14N4OS3/c1-11-17(28-19(22-11)12-6-7-26-9-12)18(25)24-20-23-16(10-27-20)14-8-21-15-5-3-2-4-13(14)15/h2-10,21H,1H3,(H,23,24,25). The number of carbonyl (C=O) groups is 1. The number of nitrogens with zero attached hydrogens (tertiary/aromatic N) is 2. The van der Waals surface area contributed by atoms with Gasteiger partial charge < -0.3 is 4.98 Å². The molecule has 0 radical (unpaired) electrons. The maximum absolute atomic E-state index is 12.7. The number of aromatic nitrogens is 3. The first-order valence-corrected chi connectivity index (χ1v) is 11.2. The Morgan fingerprint density at radius 2 is 2.04 bits per heavy atom. The number of anilines is 1. The fraction of sp³-hybridized carbons (Fsp3) is 0.0500. The summed E-state index contributed by atoms with van der Waals surface area (Å²) in [5.41, 5.74) is 4.72. The van der Waals surface area contributed by atoms with Crippen molar-refractivity contribution in [3.8, 4) is 21.8 Å². The number of rotatable bonds is 4. The number of amides is 1. The minimum Gasteiger partial charge on any atom is -0.360 e. The van der Waals surface area contributed by atoms with E-state index in [1.807, 2.05) is 53.5 Å². The maximum Gasteiger partial charge on any atom is 0.269 e. The van der Waals surface area contributed by atoms with E-state index < -0.39 is 0 Å². The second-order valence-corrected chi connectivity index (χ2v) is 8.82. The summed E-state index contributed by atoms with van der Waals surface area (Å²) in [6, 6.07) is 10.1. The predicted octanol–water partition coefficient (Wildman–Crippen LogP) is 6.04. The quantitative estimate of drug-likeness (QED) is 0.371. The summed E-state index contributed by atoms with van der Waals surface area (Å²) in [4.78, 5) is 25.8. The van der Waals surface area contributed by atoms with Crippen molar-refractivity contribution < 1.29 is 4.79 Å². The molecule has 5 nitrogen and oxygen atoms in total. The third-order valence-electron chi connectivity index (χ3n) is 4.36. The number of aromatic amines is 1. The zero-order chi connectivity index (χ0) is 19.1. The zero-order valence-corrected chi connectivity index (χ0v) is 17.2. The summed E-state index contributed by atoms with van der Waals surface area (Å²) in [5, 5.41) is 11.5. The van der Waals surface area contributed by atoms with Crippen LogP contribution in [0.5, 0.6) is 0 Å². The molecule has 0 aliphatic heterocycles. The lowest BCUT2D eigenvalue weighted by molar-refractivity contribution is 0.103. The Kier molecular flexibility index (Phi) is 4.31. The molecule has 2 N–H and O–H groups in total. The Morgan fingerprint density at radius 3 is 2.89 bits per heavy atom. The van der Waals surface area contributed by atoms with E-state index in [0.717, 1.165) is 38.4 Å². The molecule has 0 atom stereocenters. The van der Waals surface area contributed by atoms with Crippen molar-refractivity contribution >= 4 is 56.0 Å². The van der Waals surface area contributed by atoms with Gasteiger partial charge in [0, 0.05) is 39.0 Å². The highest BCUT2D eigenvalue weighted by atomic mass is 32.1. The third-order valence-corrected chi connectivity index (χ3v) is 7.01. The molecule has 0 saturated heterocycles. The van der Waals surface area contributed by atoms with Crippen molar-refractivity contribution in [1.82, 2.24) is 15.0 Å². The SMILES string of the molecule is Cc1nc(-c2ccsc2)sc1C(=O)Nc1nc(-c2c[nH]c3ccccc23)cs1. The van der Waals surface area contributed by atoms with Gasteiger partial charge in [-0.1, -0.05) is 18.2 Å². The van der Waals surface area contributed by atoms with Gasteiger partial charge in [-0.25, -0.2) is 9.97 Å². The number of aryl methyl sites for hydroxylation is 1. The van der Waals surface area contributed by atoms with Crippen LogP contribution in [0.15, 0.2) is 52.7 Å². The first kappa shape index (κ1) is 17.3. The number of benzene rings is 1. The fourth-order valence-electron chi connectivity index (χ4n) is 3.01. The van der Waals surface area contributed by atoms with Crippen molar-refractivity contribution in [3.63, 3.8) is 0 Å². The largest absolute Gasteiger partial charge is 0.360 e. The highest BCUT2D eigenvalue weighted by molar-refractivity contribution is 7.18. The second kappa shape index (κ2) is 6.97. The van der Waals surface area contributed by atoms with Crippen LogP contribution in [0, 0.1) is 6.92 Å². The van der Waals surface area contributed by atoms with Crippen LogP contribution in [-0.4, -0.2) is 20.9 Å². The summed E-state index contributed by atoms with van der Waals surface area (Å²) in [6.07, 6.45) is 1.95. The average Bonchev–Trinajstić information content (AvgIpc) is 3.47. The number of thiazole rings is 2. The Balaban J connectivity index is 1.40. The highest BCUT2D eigenvalue weighted by Crippen LogP contribution is 2.32. The van der Waals surface area contributed by atoms with Crippen LogP contribution in [0.4, 0.5) is 5.13 Å². The van der Waals surface area contributed by atoms with E-state index >= 15 is 0 Å². The number of carbonyl (C=O) groups excluding carboxylic acids is 1. The third kappa shape index (κ3) is 3.05. The molecule has 4 aromatic heterocycles. The molecule has 1 amide bonds. The molecule has 4 heterocycles. The molecule has 138 valence electrons. The van der Waals surface area contributed by atoms with E-state index in [4.69, 9.17) is 0 Å². The molecular formula is C20H14N4OS3. The topological polar surface area (TPSA) is 70.7 Å². The molecule has 0 fully saturated rings. The highest BCUT2D eigenvalue weighted by Gasteiger charge is 2.18. The number of nitrogens with one attached hydrogen (secondary N) is 2. The van der Waals surface area contributed by atoms with Gasteiger partial charge in [0.05, 0.1) is 11.4 Å². The normalized spacial score (nSPS) is 11.2. The van der Waals surface area contributed by atoms with Gasteiger partial charge in [0.15, 0.2) is 5.13 Å². The minimum absolute atomic E-state index is 0.170. The smallest absolute Gasteiger partial charge is 0.269 e. The molecule has 28 heavy (non-hydrogen) atoms. The van der Waals surface area contributed by atoms with Gasteiger partial charge in [0.25, 0.3) is 5.91 Å². The fourth-order valence-corrected chi connectivity index (χ4v) is 5.39. The molecular weight excluding hydrogens is 408 g/mol. The van der Waals surface area contributed by atoms with E-state index in [2.05, 4.69) is 26.3 Å². The summed E-state index contributed by atoms with van der Waals surface area (Å²) in [5.74, 6) is -0.170. The van der Waals surface area contributed by atoms with Gasteiger partial charge >= 0.3 is 0 Å². The molecule has 0 unspecified atom stereocenters. The van der Waals surface area contributed by atoms with E-state index in [-0.39, 0.29) is 5.91 Å². The van der Waals surface area contributed by atoms with Gasteiger partial charge in [0.1, 0.15) is 9.88 Å². The summed E-state index contributed by atoms with van der Waals surface area (Å²) < 4.78 is 0. The number of thiophene rings is 1. The Hall–Kier alpha value is -2.81. The molecule has 8 heteroatoms. The molecule has 1 aromatic carbocycles. The van der Waals surface area contributed by atoms with Crippen LogP contribution < -0.4 is 5.32 Å². The van der Waals surface area contributed by atoms with E-state index in [9.17, 15) is 4.79 Å². The number of hydrogen-bond acceptors (Lipinski definition) is 6. The first-order chi connectivity index (χ1) is 13.7. The van der Waals surface area contributed by atoms with Crippen molar-refractivity contribution in [3.05, 3.63) is 63.2 Å².